The zero-order valence-electron chi connectivity index (χ0n) is 9.56. The lowest BCUT2D eigenvalue weighted by Crippen LogP contribution is -2.05. The van der Waals surface area contributed by atoms with Gasteiger partial charge in [-0.05, 0) is 36.0 Å². The van der Waals surface area contributed by atoms with E-state index in [9.17, 15) is 9.90 Å². The Balaban J connectivity index is 2.10. The summed E-state index contributed by atoms with van der Waals surface area (Å²) in [6.07, 6.45) is 0. The first-order chi connectivity index (χ1) is 9.08. The molecule has 0 saturated carbocycles. The molecule has 0 spiro atoms. The van der Waals surface area contributed by atoms with Crippen LogP contribution in [0.5, 0.6) is 5.75 Å². The molecule has 0 saturated heterocycles. The molecule has 2 rings (SSSR count). The lowest BCUT2D eigenvalue weighted by Gasteiger charge is -2.08. The maximum absolute atomic E-state index is 11.8. The SMILES string of the molecule is O=C(Nc1cccc(Cl)c1Cl)Sc1ccccc1O. The van der Waals surface area contributed by atoms with Crippen molar-refractivity contribution in [3.63, 3.8) is 0 Å². The van der Waals surface area contributed by atoms with Gasteiger partial charge in [-0.1, -0.05) is 41.4 Å². The molecular weight excluding hydrogens is 305 g/mol. The van der Waals surface area contributed by atoms with Gasteiger partial charge in [-0.2, -0.15) is 0 Å². The monoisotopic (exact) mass is 313 g/mol. The van der Waals surface area contributed by atoms with Gasteiger partial charge in [0.05, 0.1) is 20.6 Å². The van der Waals surface area contributed by atoms with E-state index in [1.165, 1.54) is 6.07 Å². The van der Waals surface area contributed by atoms with Crippen LogP contribution in [0.25, 0.3) is 0 Å². The third-order valence-electron chi connectivity index (χ3n) is 2.26. The van der Waals surface area contributed by atoms with Gasteiger partial charge in [-0.15, -0.1) is 0 Å². The molecule has 2 aromatic carbocycles. The van der Waals surface area contributed by atoms with E-state index in [0.29, 0.717) is 15.6 Å². The van der Waals surface area contributed by atoms with E-state index >= 15 is 0 Å². The average Bonchev–Trinajstić information content (AvgIpc) is 2.38. The number of amides is 1. The summed E-state index contributed by atoms with van der Waals surface area (Å²) in [4.78, 5) is 12.3. The van der Waals surface area contributed by atoms with Crippen LogP contribution in [-0.4, -0.2) is 10.3 Å². The standard InChI is InChI=1S/C13H9Cl2NO2S/c14-8-4-3-5-9(12(8)15)16-13(18)19-11-7-2-1-6-10(11)17/h1-7,17H,(H,16,18). The number of anilines is 1. The number of carbonyl (C=O) groups is 1. The number of rotatable bonds is 2. The third kappa shape index (κ3) is 3.56. The van der Waals surface area contributed by atoms with Crippen LogP contribution in [0.15, 0.2) is 47.4 Å². The van der Waals surface area contributed by atoms with Crippen LogP contribution in [-0.2, 0) is 0 Å². The van der Waals surface area contributed by atoms with Crippen molar-refractivity contribution in [3.8, 4) is 5.75 Å². The Hall–Kier alpha value is -1.36. The molecule has 6 heteroatoms. The Morgan fingerprint density at radius 3 is 2.58 bits per heavy atom. The molecule has 3 nitrogen and oxygen atoms in total. The zero-order valence-corrected chi connectivity index (χ0v) is 11.9. The Morgan fingerprint density at radius 1 is 1.11 bits per heavy atom. The van der Waals surface area contributed by atoms with E-state index in [2.05, 4.69) is 5.32 Å². The normalized spacial score (nSPS) is 10.2. The maximum Gasteiger partial charge on any atom is 0.288 e. The summed E-state index contributed by atoms with van der Waals surface area (Å²) in [6.45, 7) is 0. The minimum absolute atomic E-state index is 0.0554. The van der Waals surface area contributed by atoms with Crippen molar-refractivity contribution >= 4 is 45.9 Å². The summed E-state index contributed by atoms with van der Waals surface area (Å²) in [7, 11) is 0. The molecule has 0 bridgehead atoms. The van der Waals surface area contributed by atoms with Crippen LogP contribution in [0.2, 0.25) is 10.0 Å². The van der Waals surface area contributed by atoms with Crippen molar-refractivity contribution in [1.29, 1.82) is 0 Å². The number of phenols is 1. The second kappa shape index (κ2) is 6.19. The van der Waals surface area contributed by atoms with Crippen LogP contribution >= 0.6 is 35.0 Å². The highest BCUT2D eigenvalue weighted by Gasteiger charge is 2.11. The Bertz CT molecular complexity index is 619. The number of phenolic OH excluding ortho intramolecular Hbond substituents is 1. The number of para-hydroxylation sites is 1. The van der Waals surface area contributed by atoms with Gasteiger partial charge < -0.3 is 10.4 Å². The van der Waals surface area contributed by atoms with E-state index in [0.717, 1.165) is 11.8 Å². The second-order valence-electron chi connectivity index (χ2n) is 3.58. The van der Waals surface area contributed by atoms with Gasteiger partial charge in [-0.3, -0.25) is 4.79 Å². The van der Waals surface area contributed by atoms with Crippen molar-refractivity contribution in [3.05, 3.63) is 52.5 Å². The highest BCUT2D eigenvalue weighted by atomic mass is 35.5. The van der Waals surface area contributed by atoms with Crippen molar-refractivity contribution in [2.45, 2.75) is 4.90 Å². The molecule has 0 aliphatic heterocycles. The van der Waals surface area contributed by atoms with Gasteiger partial charge in [-0.25, -0.2) is 0 Å². The molecule has 98 valence electrons. The van der Waals surface area contributed by atoms with Crippen molar-refractivity contribution < 1.29 is 9.90 Å². The zero-order chi connectivity index (χ0) is 13.8. The Kier molecular flexibility index (Phi) is 4.58. The number of hydrogen-bond acceptors (Lipinski definition) is 3. The highest BCUT2D eigenvalue weighted by molar-refractivity contribution is 8.14. The largest absolute Gasteiger partial charge is 0.507 e. The van der Waals surface area contributed by atoms with Gasteiger partial charge in [0, 0.05) is 0 Å². The molecule has 0 aliphatic rings. The van der Waals surface area contributed by atoms with Gasteiger partial charge in [0.1, 0.15) is 5.75 Å². The van der Waals surface area contributed by atoms with Gasteiger partial charge in [0.2, 0.25) is 0 Å². The quantitative estimate of drug-likeness (QED) is 0.765. The Labute approximate surface area is 124 Å². The number of halogens is 2. The first-order valence-corrected chi connectivity index (χ1v) is 6.86. The summed E-state index contributed by atoms with van der Waals surface area (Å²) >= 11 is 12.7. The molecule has 0 atom stereocenters. The minimum Gasteiger partial charge on any atom is -0.507 e. The lowest BCUT2D eigenvalue weighted by molar-refractivity contribution is 0.269. The fraction of sp³-hybridized carbons (Fsp3) is 0. The number of nitrogens with one attached hydrogen (secondary N) is 1. The first-order valence-electron chi connectivity index (χ1n) is 5.29. The highest BCUT2D eigenvalue weighted by Crippen LogP contribution is 2.33. The number of carbonyl (C=O) groups excluding carboxylic acids is 1. The minimum atomic E-state index is -0.356. The molecule has 0 aliphatic carbocycles. The number of benzene rings is 2. The lowest BCUT2D eigenvalue weighted by atomic mass is 10.3. The summed E-state index contributed by atoms with van der Waals surface area (Å²) in [5.41, 5.74) is 0.432. The molecule has 19 heavy (non-hydrogen) atoms. The van der Waals surface area contributed by atoms with E-state index in [4.69, 9.17) is 23.2 Å². The van der Waals surface area contributed by atoms with Crippen LogP contribution in [0.1, 0.15) is 0 Å². The van der Waals surface area contributed by atoms with Crippen molar-refractivity contribution in [2.75, 3.05) is 5.32 Å². The fourth-order valence-corrected chi connectivity index (χ4v) is 2.41. The second-order valence-corrected chi connectivity index (χ2v) is 5.38. The van der Waals surface area contributed by atoms with Crippen molar-refractivity contribution in [1.82, 2.24) is 0 Å². The molecule has 0 radical (unpaired) electrons. The number of aromatic hydroxyl groups is 1. The van der Waals surface area contributed by atoms with Crippen LogP contribution in [0.3, 0.4) is 0 Å². The first kappa shape index (κ1) is 14.1. The van der Waals surface area contributed by atoms with E-state index < -0.39 is 0 Å². The summed E-state index contributed by atoms with van der Waals surface area (Å²) in [6, 6.07) is 11.6. The smallest absolute Gasteiger partial charge is 0.288 e. The van der Waals surface area contributed by atoms with Crippen LogP contribution in [0.4, 0.5) is 10.5 Å². The van der Waals surface area contributed by atoms with Gasteiger partial charge in [0.15, 0.2) is 0 Å². The van der Waals surface area contributed by atoms with Gasteiger partial charge >= 0.3 is 0 Å². The van der Waals surface area contributed by atoms with E-state index in [-0.39, 0.29) is 16.0 Å². The van der Waals surface area contributed by atoms with E-state index in [1.807, 2.05) is 0 Å². The van der Waals surface area contributed by atoms with Gasteiger partial charge in [0.25, 0.3) is 5.24 Å². The molecule has 0 heterocycles. The topological polar surface area (TPSA) is 49.3 Å². The number of thioether (sulfide) groups is 1. The fourth-order valence-electron chi connectivity index (χ4n) is 1.38. The Morgan fingerprint density at radius 2 is 1.84 bits per heavy atom. The van der Waals surface area contributed by atoms with Crippen LogP contribution in [0, 0.1) is 0 Å². The average molecular weight is 314 g/mol. The number of hydrogen-bond donors (Lipinski definition) is 2. The molecule has 2 aromatic rings. The predicted octanol–water partition coefficient (Wildman–Crippen LogP) is 5.02. The molecule has 0 fully saturated rings. The van der Waals surface area contributed by atoms with Crippen molar-refractivity contribution in [2.24, 2.45) is 0 Å². The molecule has 0 unspecified atom stereocenters. The molecule has 2 N–H and O–H groups in total. The maximum atomic E-state index is 11.8. The van der Waals surface area contributed by atoms with E-state index in [1.54, 1.807) is 36.4 Å². The molecule has 1 amide bonds. The molecule has 0 aromatic heterocycles. The van der Waals surface area contributed by atoms with Crippen LogP contribution < -0.4 is 5.32 Å². The summed E-state index contributed by atoms with van der Waals surface area (Å²) in [5.74, 6) is 0.0554. The predicted molar refractivity (Wildman–Crippen MR) is 79.4 cm³/mol. The molecular formula is C13H9Cl2NO2S. The summed E-state index contributed by atoms with van der Waals surface area (Å²) in [5, 5.41) is 12.5. The third-order valence-corrected chi connectivity index (χ3v) is 3.93. The summed E-state index contributed by atoms with van der Waals surface area (Å²) < 4.78 is 0.